The highest BCUT2D eigenvalue weighted by Crippen LogP contribution is 2.30. The Morgan fingerprint density at radius 1 is 1.20 bits per heavy atom. The lowest BCUT2D eigenvalue weighted by atomic mass is 10.1. The SMILES string of the molecule is CCOC(=O)CN1CCN(c2cc(C)c3nc(-c4c(NC[C@@H](O)c5cccc(Cl)c5)cc[nH]c4=O)[nH]c3c2)CC1. The number of aryl methyl sites for hydroxylation is 1. The van der Waals surface area contributed by atoms with Crippen molar-refractivity contribution >= 4 is 40.0 Å². The first kappa shape index (κ1) is 27.7. The van der Waals surface area contributed by atoms with E-state index in [1.165, 1.54) is 0 Å². The Balaban J connectivity index is 1.35. The number of aliphatic hydroxyl groups is 1. The molecule has 40 heavy (non-hydrogen) atoms. The summed E-state index contributed by atoms with van der Waals surface area (Å²) in [5.74, 6) is 0.248. The lowest BCUT2D eigenvalue weighted by molar-refractivity contribution is -0.144. The third-order valence-corrected chi connectivity index (χ3v) is 7.31. The number of esters is 1. The molecule has 0 radical (unpaired) electrons. The van der Waals surface area contributed by atoms with Crippen molar-refractivity contribution in [3.8, 4) is 11.4 Å². The molecular formula is C29H33ClN6O4. The second-order valence-corrected chi connectivity index (χ2v) is 10.3. The van der Waals surface area contributed by atoms with Gasteiger partial charge in [-0.1, -0.05) is 23.7 Å². The molecule has 1 fully saturated rings. The van der Waals surface area contributed by atoms with Crippen LogP contribution in [0.1, 0.15) is 24.2 Å². The number of aromatic amines is 2. The zero-order valence-corrected chi connectivity index (χ0v) is 23.3. The molecule has 0 spiro atoms. The van der Waals surface area contributed by atoms with Crippen molar-refractivity contribution in [1.29, 1.82) is 0 Å². The van der Waals surface area contributed by atoms with Crippen LogP contribution >= 0.6 is 11.6 Å². The minimum atomic E-state index is -0.816. The van der Waals surface area contributed by atoms with Crippen molar-refractivity contribution < 1.29 is 14.6 Å². The number of rotatable bonds is 9. The Labute approximate surface area is 236 Å². The minimum absolute atomic E-state index is 0.183. The van der Waals surface area contributed by atoms with E-state index in [9.17, 15) is 14.7 Å². The van der Waals surface area contributed by atoms with E-state index in [0.717, 1.165) is 48.5 Å². The first-order chi connectivity index (χ1) is 19.3. The number of halogens is 1. The normalized spacial score (nSPS) is 14.8. The van der Waals surface area contributed by atoms with Gasteiger partial charge in [-0.05, 0) is 55.3 Å². The molecule has 3 heterocycles. The number of H-pyrrole nitrogens is 2. The smallest absolute Gasteiger partial charge is 0.320 e. The van der Waals surface area contributed by atoms with Gasteiger partial charge in [0.05, 0.1) is 36.0 Å². The highest BCUT2D eigenvalue weighted by atomic mass is 35.5. The molecule has 5 rings (SSSR count). The Morgan fingerprint density at radius 2 is 2.00 bits per heavy atom. The van der Waals surface area contributed by atoms with Gasteiger partial charge in [0.25, 0.3) is 5.56 Å². The zero-order valence-electron chi connectivity index (χ0n) is 22.5. The van der Waals surface area contributed by atoms with E-state index in [1.54, 1.807) is 36.5 Å². The maximum Gasteiger partial charge on any atom is 0.320 e. The van der Waals surface area contributed by atoms with E-state index in [2.05, 4.69) is 31.2 Å². The van der Waals surface area contributed by atoms with Gasteiger partial charge in [0.1, 0.15) is 11.4 Å². The molecule has 0 amide bonds. The molecule has 1 aliphatic heterocycles. The fraction of sp³-hybridized carbons (Fsp3) is 0.345. The minimum Gasteiger partial charge on any atom is -0.465 e. The average molecular weight is 565 g/mol. The topological polar surface area (TPSA) is 127 Å². The van der Waals surface area contributed by atoms with Crippen molar-refractivity contribution in [2.24, 2.45) is 0 Å². The van der Waals surface area contributed by atoms with Gasteiger partial charge in [-0.3, -0.25) is 14.5 Å². The van der Waals surface area contributed by atoms with Crippen LogP contribution in [0.15, 0.2) is 53.5 Å². The third kappa shape index (κ3) is 6.14. The predicted molar refractivity (Wildman–Crippen MR) is 157 cm³/mol. The molecule has 210 valence electrons. The van der Waals surface area contributed by atoms with E-state index in [0.29, 0.717) is 40.8 Å². The van der Waals surface area contributed by atoms with E-state index in [1.807, 2.05) is 19.9 Å². The van der Waals surface area contributed by atoms with Crippen molar-refractivity contribution in [3.05, 3.63) is 75.2 Å². The molecule has 1 saturated heterocycles. The number of benzene rings is 2. The maximum atomic E-state index is 12.9. The van der Waals surface area contributed by atoms with E-state index < -0.39 is 6.10 Å². The third-order valence-electron chi connectivity index (χ3n) is 7.07. The number of carbonyl (C=O) groups excluding carboxylic acids is 1. The van der Waals surface area contributed by atoms with Crippen LogP contribution in [0.4, 0.5) is 11.4 Å². The zero-order chi connectivity index (χ0) is 28.2. The second-order valence-electron chi connectivity index (χ2n) is 9.86. The lowest BCUT2D eigenvalue weighted by Gasteiger charge is -2.35. The summed E-state index contributed by atoms with van der Waals surface area (Å²) in [5.41, 5.74) is 4.96. The van der Waals surface area contributed by atoms with Crippen molar-refractivity contribution in [2.45, 2.75) is 20.0 Å². The first-order valence-electron chi connectivity index (χ1n) is 13.3. The summed E-state index contributed by atoms with van der Waals surface area (Å²) < 4.78 is 5.08. The fourth-order valence-electron chi connectivity index (χ4n) is 5.03. The summed E-state index contributed by atoms with van der Waals surface area (Å²) >= 11 is 6.07. The van der Waals surface area contributed by atoms with Gasteiger partial charge in [-0.25, -0.2) is 4.98 Å². The second kappa shape index (κ2) is 12.1. The van der Waals surface area contributed by atoms with E-state index in [4.69, 9.17) is 21.3 Å². The molecule has 10 nitrogen and oxygen atoms in total. The number of piperazine rings is 1. The van der Waals surface area contributed by atoms with Gasteiger partial charge in [0, 0.05) is 49.6 Å². The van der Waals surface area contributed by atoms with E-state index in [-0.39, 0.29) is 18.1 Å². The molecule has 0 aliphatic carbocycles. The Bertz CT molecular complexity index is 1560. The van der Waals surface area contributed by atoms with Crippen LogP contribution in [-0.2, 0) is 9.53 Å². The number of pyridine rings is 1. The number of carbonyl (C=O) groups is 1. The highest BCUT2D eigenvalue weighted by molar-refractivity contribution is 6.30. The number of aromatic nitrogens is 3. The molecule has 1 aliphatic rings. The Hall–Kier alpha value is -3.86. The average Bonchev–Trinajstić information content (AvgIpc) is 3.36. The molecule has 4 N–H and O–H groups in total. The van der Waals surface area contributed by atoms with Crippen molar-refractivity contribution in [1.82, 2.24) is 19.9 Å². The molecule has 1 atom stereocenters. The number of hydrogen-bond donors (Lipinski definition) is 4. The van der Waals surface area contributed by atoms with Gasteiger partial charge >= 0.3 is 5.97 Å². The van der Waals surface area contributed by atoms with Gasteiger partial charge < -0.3 is 30.0 Å². The lowest BCUT2D eigenvalue weighted by Crippen LogP contribution is -2.48. The molecular weight excluding hydrogens is 532 g/mol. The molecule has 2 aromatic heterocycles. The van der Waals surface area contributed by atoms with Crippen LogP contribution in [0.25, 0.3) is 22.4 Å². The summed E-state index contributed by atoms with van der Waals surface area (Å²) in [6.45, 7) is 7.79. The number of fused-ring (bicyclic) bond motifs is 1. The largest absolute Gasteiger partial charge is 0.465 e. The molecule has 0 bridgehead atoms. The van der Waals surface area contributed by atoms with Crippen LogP contribution in [0.5, 0.6) is 0 Å². The van der Waals surface area contributed by atoms with Crippen LogP contribution < -0.4 is 15.8 Å². The fourth-order valence-corrected chi connectivity index (χ4v) is 5.22. The Morgan fingerprint density at radius 3 is 2.75 bits per heavy atom. The molecule has 0 saturated carbocycles. The monoisotopic (exact) mass is 564 g/mol. The number of hydrogen-bond acceptors (Lipinski definition) is 8. The quantitative estimate of drug-likeness (QED) is 0.227. The summed E-state index contributed by atoms with van der Waals surface area (Å²) in [7, 11) is 0. The van der Waals surface area contributed by atoms with Crippen molar-refractivity contribution in [3.63, 3.8) is 0 Å². The van der Waals surface area contributed by atoms with Gasteiger partial charge in [0.2, 0.25) is 0 Å². The van der Waals surface area contributed by atoms with Gasteiger partial charge in [-0.15, -0.1) is 0 Å². The van der Waals surface area contributed by atoms with Crippen LogP contribution in [0, 0.1) is 6.92 Å². The van der Waals surface area contributed by atoms with Crippen LogP contribution in [-0.4, -0.2) is 76.8 Å². The standard InChI is InChI=1S/C29H33ClN6O4/c1-3-40-25(38)17-35-9-11-36(12-10-35)21-13-18(2)27-23(15-21)33-28(34-27)26-22(7-8-31-29(26)39)32-16-24(37)19-5-4-6-20(30)14-19/h4-8,13-15,24,37H,3,9-12,16-17H2,1-2H3,(H,33,34)(H2,31,32,39)/t24-/m1/s1. The number of imidazole rings is 1. The number of anilines is 2. The predicted octanol–water partition coefficient (Wildman–Crippen LogP) is 3.71. The van der Waals surface area contributed by atoms with E-state index >= 15 is 0 Å². The molecule has 11 heteroatoms. The summed E-state index contributed by atoms with van der Waals surface area (Å²) in [6, 6.07) is 13.0. The number of ether oxygens (including phenoxy) is 1. The number of nitrogens with zero attached hydrogens (tertiary/aromatic N) is 3. The molecule has 4 aromatic rings. The first-order valence-corrected chi connectivity index (χ1v) is 13.7. The molecule has 2 aromatic carbocycles. The summed E-state index contributed by atoms with van der Waals surface area (Å²) in [4.78, 5) is 40.0. The number of nitrogens with one attached hydrogen (secondary N) is 3. The highest BCUT2D eigenvalue weighted by Gasteiger charge is 2.22. The molecule has 0 unspecified atom stereocenters. The van der Waals surface area contributed by atoms with Gasteiger partial charge in [-0.2, -0.15) is 0 Å². The number of aliphatic hydroxyl groups excluding tert-OH is 1. The van der Waals surface area contributed by atoms with Crippen molar-refractivity contribution in [2.75, 3.05) is 56.1 Å². The van der Waals surface area contributed by atoms with Crippen LogP contribution in [0.2, 0.25) is 5.02 Å². The Kier molecular flexibility index (Phi) is 8.39. The van der Waals surface area contributed by atoms with Crippen LogP contribution in [0.3, 0.4) is 0 Å². The van der Waals surface area contributed by atoms with Gasteiger partial charge in [0.15, 0.2) is 0 Å². The summed E-state index contributed by atoms with van der Waals surface area (Å²) in [6.07, 6.45) is 0.747. The summed E-state index contributed by atoms with van der Waals surface area (Å²) in [5, 5.41) is 14.4. The maximum absolute atomic E-state index is 12.9.